The maximum absolute atomic E-state index is 16.5. The third-order valence-electron chi connectivity index (χ3n) is 10.5. The van der Waals surface area contributed by atoms with Crippen LogP contribution in [0.5, 0.6) is 0 Å². The third kappa shape index (κ3) is 5.82. The molecule has 2 atom stereocenters. The van der Waals surface area contributed by atoms with Gasteiger partial charge in [0.15, 0.2) is 0 Å². The predicted molar refractivity (Wildman–Crippen MR) is 230 cm³/mol. The van der Waals surface area contributed by atoms with E-state index in [9.17, 15) is 10.5 Å². The lowest BCUT2D eigenvalue weighted by molar-refractivity contribution is 0.581. The highest BCUT2D eigenvalue weighted by Crippen LogP contribution is 2.76. The van der Waals surface area contributed by atoms with Crippen LogP contribution in [0.25, 0.3) is 9.69 Å². The molecule has 16 heteroatoms. The third-order valence-corrected chi connectivity index (χ3v) is 16.4. The second-order valence-electron chi connectivity index (χ2n) is 13.9. The van der Waals surface area contributed by atoms with Crippen molar-refractivity contribution in [2.75, 3.05) is 18.7 Å². The first-order valence-electron chi connectivity index (χ1n) is 18.4. The molecule has 10 nitrogen and oxygen atoms in total. The largest absolute Gasteiger partial charge is 0.301 e. The van der Waals surface area contributed by atoms with Crippen molar-refractivity contribution in [1.29, 1.82) is 10.5 Å². The van der Waals surface area contributed by atoms with E-state index in [1.54, 1.807) is 72.8 Å². The number of nitriles is 2. The second kappa shape index (κ2) is 14.9. The minimum absolute atomic E-state index is 0.00417. The van der Waals surface area contributed by atoms with E-state index < -0.39 is 38.2 Å². The van der Waals surface area contributed by atoms with E-state index in [0.717, 1.165) is 24.3 Å². The number of hydrogen-bond acceptors (Lipinski definition) is 4. The number of anilines is 8. The standard InChI is InChI=1S/C46H24F4N8O2P2/c1-53-41-19-17-33(23-39(41)49)57-45-26-46-44(25-43(45)55(31-15-13-29(27-51)37(47)21-31)61(57,59)35-9-5-3-6-10-35)56(32-16-14-30(28-52)38(48)22-32)62(60,36-11-7-4-8-12-36)58(46)34-18-20-42(54-2)40(50)24-34/h3-26H. The molecule has 7 aromatic rings. The highest BCUT2D eigenvalue weighted by Gasteiger charge is 2.54. The summed E-state index contributed by atoms with van der Waals surface area (Å²) < 4.78 is 101. The zero-order valence-corrected chi connectivity index (χ0v) is 33.4. The molecule has 2 aliphatic heterocycles. The molecule has 0 spiro atoms. The molecule has 9 rings (SSSR count). The highest BCUT2D eigenvalue weighted by atomic mass is 31.2. The van der Waals surface area contributed by atoms with Crippen LogP contribution in [-0.2, 0) is 9.13 Å². The molecule has 0 bridgehead atoms. The molecule has 0 N–H and O–H groups in total. The number of benzene rings is 7. The first-order chi connectivity index (χ1) is 30.0. The van der Waals surface area contributed by atoms with E-state index in [1.165, 1.54) is 79.3 Å². The maximum atomic E-state index is 16.5. The topological polar surface area (TPSA) is 103 Å². The van der Waals surface area contributed by atoms with Crippen LogP contribution >= 0.6 is 14.9 Å². The Labute approximate surface area is 352 Å². The van der Waals surface area contributed by atoms with Gasteiger partial charge in [-0.2, -0.15) is 10.5 Å². The molecule has 7 aromatic carbocycles. The van der Waals surface area contributed by atoms with Gasteiger partial charge in [0, 0.05) is 11.4 Å². The monoisotopic (exact) mass is 858 g/mol. The van der Waals surface area contributed by atoms with Gasteiger partial charge in [0.2, 0.25) is 11.4 Å². The van der Waals surface area contributed by atoms with Gasteiger partial charge < -0.3 is 0 Å². The Hall–Kier alpha value is -8.12. The lowest BCUT2D eigenvalue weighted by atomic mass is 10.1. The minimum Gasteiger partial charge on any atom is -0.270 e. The van der Waals surface area contributed by atoms with Gasteiger partial charge in [0.05, 0.1) is 69.0 Å². The van der Waals surface area contributed by atoms with Gasteiger partial charge in [-0.15, -0.1) is 0 Å². The summed E-state index contributed by atoms with van der Waals surface area (Å²) in [6.45, 7) is 15.0. The Kier molecular flexibility index (Phi) is 9.43. The molecule has 2 unspecified atom stereocenters. The van der Waals surface area contributed by atoms with E-state index in [-0.39, 0.29) is 78.6 Å². The van der Waals surface area contributed by atoms with Gasteiger partial charge >= 0.3 is 14.9 Å². The quantitative estimate of drug-likeness (QED) is 0.0925. The number of halogens is 4. The lowest BCUT2D eigenvalue weighted by Gasteiger charge is -2.34. The van der Waals surface area contributed by atoms with Crippen LogP contribution in [-0.4, -0.2) is 0 Å². The van der Waals surface area contributed by atoms with Gasteiger partial charge in [-0.1, -0.05) is 48.5 Å². The van der Waals surface area contributed by atoms with Crippen LogP contribution in [0.15, 0.2) is 146 Å². The fraction of sp³-hybridized carbons (Fsp3) is 0. The zero-order chi connectivity index (χ0) is 43.5. The minimum atomic E-state index is -4.41. The average Bonchev–Trinajstić information content (AvgIpc) is 3.70. The van der Waals surface area contributed by atoms with Crippen LogP contribution in [0.2, 0.25) is 0 Å². The molecular weight excluding hydrogens is 834 g/mol. The summed E-state index contributed by atoms with van der Waals surface area (Å²) in [5.74, 6) is -3.72. The van der Waals surface area contributed by atoms with Gasteiger partial charge in [0.1, 0.15) is 35.4 Å². The lowest BCUT2D eigenvalue weighted by Crippen LogP contribution is -2.27. The van der Waals surface area contributed by atoms with Gasteiger partial charge in [-0.3, -0.25) is 27.8 Å². The predicted octanol–water partition coefficient (Wildman–Crippen LogP) is 12.7. The van der Waals surface area contributed by atoms with Gasteiger partial charge in [-0.05, 0) is 97.1 Å². The summed E-state index contributed by atoms with van der Waals surface area (Å²) in [5.41, 5.74) is -0.782. The van der Waals surface area contributed by atoms with Crippen molar-refractivity contribution in [2.45, 2.75) is 0 Å². The van der Waals surface area contributed by atoms with Crippen LogP contribution in [0.1, 0.15) is 11.1 Å². The Morgan fingerprint density at radius 3 is 1.02 bits per heavy atom. The summed E-state index contributed by atoms with van der Waals surface area (Å²) in [6, 6.07) is 37.5. The summed E-state index contributed by atoms with van der Waals surface area (Å²) in [5, 5.41) is 19.7. The zero-order valence-electron chi connectivity index (χ0n) is 31.7. The Bertz CT molecular complexity index is 2920. The molecule has 0 fully saturated rings. The number of rotatable bonds is 6. The molecule has 0 saturated carbocycles. The normalized spacial score (nSPS) is 17.4. The smallest absolute Gasteiger partial charge is 0.270 e. The van der Waals surface area contributed by atoms with Crippen molar-refractivity contribution in [3.8, 4) is 12.1 Å². The number of fused-ring (bicyclic) bond motifs is 2. The molecule has 0 saturated heterocycles. The molecular formula is C46H24F4N8O2P2. The van der Waals surface area contributed by atoms with E-state index in [1.807, 2.05) is 0 Å². The Morgan fingerprint density at radius 1 is 0.435 bits per heavy atom. The fourth-order valence-corrected chi connectivity index (χ4v) is 13.7. The van der Waals surface area contributed by atoms with Crippen LogP contribution < -0.4 is 29.3 Å². The maximum Gasteiger partial charge on any atom is 0.301 e. The van der Waals surface area contributed by atoms with Crippen LogP contribution in [0.4, 0.5) is 74.4 Å². The van der Waals surface area contributed by atoms with E-state index in [4.69, 9.17) is 13.1 Å². The van der Waals surface area contributed by atoms with E-state index in [0.29, 0.717) is 0 Å². The number of hydrogen-bond donors (Lipinski definition) is 0. The van der Waals surface area contributed by atoms with Crippen molar-refractivity contribution >= 4 is 82.4 Å². The van der Waals surface area contributed by atoms with Crippen LogP contribution in [0, 0.1) is 59.1 Å². The first kappa shape index (κ1) is 39.3. The SMILES string of the molecule is [C-]#[N+]c1ccc(N2c3cc4c(cc3N(c3ccc(C#N)c(F)c3)P2(=O)c2ccccc2)N(c2ccc(C#N)c(F)c2)P(=O)(c2ccccc2)N4c2ccc([N+]#[C-])c(F)c2)cc1F. The first-order valence-corrected chi connectivity index (χ1v) is 21.7. The van der Waals surface area contributed by atoms with Gasteiger partial charge in [-0.25, -0.2) is 27.3 Å². The molecule has 298 valence electrons. The van der Waals surface area contributed by atoms with E-state index >= 15 is 26.7 Å². The van der Waals surface area contributed by atoms with E-state index in [2.05, 4.69) is 9.69 Å². The molecule has 0 radical (unpaired) electrons. The Morgan fingerprint density at radius 2 is 0.742 bits per heavy atom. The van der Waals surface area contributed by atoms with Crippen LogP contribution in [0.3, 0.4) is 0 Å². The molecule has 62 heavy (non-hydrogen) atoms. The summed E-state index contributed by atoms with van der Waals surface area (Å²) in [6.07, 6.45) is 0. The van der Waals surface area contributed by atoms with Crippen molar-refractivity contribution < 1.29 is 26.7 Å². The highest BCUT2D eigenvalue weighted by molar-refractivity contribution is 7.76. The molecule has 0 aromatic heterocycles. The fourth-order valence-electron chi connectivity index (χ4n) is 7.77. The summed E-state index contributed by atoms with van der Waals surface area (Å²) >= 11 is 0. The van der Waals surface area contributed by atoms with Crippen molar-refractivity contribution in [2.24, 2.45) is 0 Å². The molecule has 2 aliphatic rings. The average molecular weight is 859 g/mol. The number of nitrogens with zero attached hydrogens (tertiary/aromatic N) is 8. The van der Waals surface area contributed by atoms with Crippen molar-refractivity contribution in [3.05, 3.63) is 203 Å². The molecule has 0 amide bonds. The van der Waals surface area contributed by atoms with Gasteiger partial charge in [0.25, 0.3) is 0 Å². The summed E-state index contributed by atoms with van der Waals surface area (Å²) in [7, 11) is -8.83. The van der Waals surface area contributed by atoms with Crippen molar-refractivity contribution in [3.63, 3.8) is 0 Å². The Balaban J connectivity index is 1.44. The summed E-state index contributed by atoms with van der Waals surface area (Å²) in [4.78, 5) is 6.49. The molecule has 2 heterocycles. The van der Waals surface area contributed by atoms with Crippen molar-refractivity contribution in [1.82, 2.24) is 0 Å². The second-order valence-corrected chi connectivity index (χ2v) is 18.7. The molecule has 0 aliphatic carbocycles.